The second kappa shape index (κ2) is 6.47. The van der Waals surface area contributed by atoms with Crippen LogP contribution in [0.15, 0.2) is 29.2 Å². The number of nitrogens with one attached hydrogen (secondary N) is 1. The Morgan fingerprint density at radius 1 is 1.21 bits per heavy atom. The van der Waals surface area contributed by atoms with E-state index in [1.165, 1.54) is 0 Å². The van der Waals surface area contributed by atoms with Crippen LogP contribution in [0.3, 0.4) is 0 Å². The lowest BCUT2D eigenvalue weighted by molar-refractivity contribution is -0.0451. The molecule has 0 aromatic heterocycles. The lowest BCUT2D eigenvalue weighted by Crippen LogP contribution is -2.27. The van der Waals surface area contributed by atoms with Crippen LogP contribution in [0.2, 0.25) is 0 Å². The van der Waals surface area contributed by atoms with Crippen molar-refractivity contribution in [2.75, 3.05) is 19.8 Å². The Kier molecular flexibility index (Phi) is 4.93. The van der Waals surface area contributed by atoms with E-state index in [9.17, 15) is 8.42 Å². The van der Waals surface area contributed by atoms with Gasteiger partial charge < -0.3 is 9.47 Å². The number of rotatable bonds is 6. The fraction of sp³-hybridized carbons (Fsp3) is 0.538. The van der Waals surface area contributed by atoms with Gasteiger partial charge in [-0.2, -0.15) is 0 Å². The second-order valence-corrected chi connectivity index (χ2v) is 6.12. The predicted molar refractivity (Wildman–Crippen MR) is 71.3 cm³/mol. The summed E-state index contributed by atoms with van der Waals surface area (Å²) in [5.74, 6) is 0. The highest BCUT2D eigenvalue weighted by atomic mass is 32.2. The van der Waals surface area contributed by atoms with Gasteiger partial charge in [-0.05, 0) is 24.1 Å². The minimum absolute atomic E-state index is 0.287. The van der Waals surface area contributed by atoms with Gasteiger partial charge in [0, 0.05) is 13.0 Å². The Labute approximate surface area is 114 Å². The van der Waals surface area contributed by atoms with E-state index in [0.29, 0.717) is 26.2 Å². The molecule has 0 aliphatic carbocycles. The number of ether oxygens (including phenoxy) is 2. The summed E-state index contributed by atoms with van der Waals surface area (Å²) in [7, 11) is -3.44. The molecule has 2 rings (SSSR count). The van der Waals surface area contributed by atoms with E-state index < -0.39 is 10.0 Å². The third kappa shape index (κ3) is 4.01. The summed E-state index contributed by atoms with van der Waals surface area (Å²) >= 11 is 0. The van der Waals surface area contributed by atoms with Crippen LogP contribution < -0.4 is 4.72 Å². The maximum absolute atomic E-state index is 12.0. The number of benzene rings is 1. The van der Waals surface area contributed by atoms with Crippen molar-refractivity contribution < 1.29 is 17.9 Å². The molecule has 0 radical (unpaired) electrons. The standard InChI is InChI=1S/C13H19NO4S/c1-2-11-3-5-12(6-4-11)19(15,16)14-8-7-13-17-9-10-18-13/h3-6,13-14H,2,7-10H2,1H3. The molecule has 19 heavy (non-hydrogen) atoms. The van der Waals surface area contributed by atoms with E-state index in [-0.39, 0.29) is 11.2 Å². The van der Waals surface area contributed by atoms with Gasteiger partial charge in [0.2, 0.25) is 10.0 Å². The highest BCUT2D eigenvalue weighted by Gasteiger charge is 2.18. The van der Waals surface area contributed by atoms with E-state index in [1.54, 1.807) is 12.1 Å². The van der Waals surface area contributed by atoms with Crippen molar-refractivity contribution in [1.82, 2.24) is 4.72 Å². The molecular formula is C13H19NO4S. The summed E-state index contributed by atoms with van der Waals surface area (Å²) in [5.41, 5.74) is 1.12. The first-order chi connectivity index (χ1) is 9.12. The molecule has 0 atom stereocenters. The maximum Gasteiger partial charge on any atom is 0.240 e. The lowest BCUT2D eigenvalue weighted by Gasteiger charge is -2.10. The zero-order valence-electron chi connectivity index (χ0n) is 11.0. The Bertz CT molecular complexity index is 492. The number of hydrogen-bond donors (Lipinski definition) is 1. The fourth-order valence-electron chi connectivity index (χ4n) is 1.87. The van der Waals surface area contributed by atoms with E-state index >= 15 is 0 Å². The molecule has 1 aromatic carbocycles. The van der Waals surface area contributed by atoms with Crippen LogP contribution in [0, 0.1) is 0 Å². The molecule has 1 aliphatic heterocycles. The van der Waals surface area contributed by atoms with Crippen molar-refractivity contribution in [2.45, 2.75) is 31.0 Å². The van der Waals surface area contributed by atoms with Crippen molar-refractivity contribution >= 4 is 10.0 Å². The van der Waals surface area contributed by atoms with Crippen molar-refractivity contribution in [3.8, 4) is 0 Å². The number of sulfonamides is 1. The molecule has 0 unspecified atom stereocenters. The Morgan fingerprint density at radius 2 is 1.84 bits per heavy atom. The average Bonchev–Trinajstić information content (AvgIpc) is 2.92. The molecule has 1 fully saturated rings. The van der Waals surface area contributed by atoms with Gasteiger partial charge in [0.25, 0.3) is 0 Å². The van der Waals surface area contributed by atoms with Crippen molar-refractivity contribution in [3.63, 3.8) is 0 Å². The first kappa shape index (κ1) is 14.5. The normalized spacial score (nSPS) is 16.9. The van der Waals surface area contributed by atoms with Crippen LogP contribution in [0.4, 0.5) is 0 Å². The van der Waals surface area contributed by atoms with Gasteiger partial charge in [0.05, 0.1) is 18.1 Å². The maximum atomic E-state index is 12.0. The summed E-state index contributed by atoms with van der Waals surface area (Å²) in [4.78, 5) is 0.290. The zero-order chi connectivity index (χ0) is 13.7. The predicted octanol–water partition coefficient (Wildman–Crippen LogP) is 1.29. The average molecular weight is 285 g/mol. The van der Waals surface area contributed by atoms with Crippen LogP contribution in [-0.2, 0) is 25.9 Å². The largest absolute Gasteiger partial charge is 0.350 e. The molecule has 1 saturated heterocycles. The minimum atomic E-state index is -3.44. The first-order valence-electron chi connectivity index (χ1n) is 6.43. The summed E-state index contributed by atoms with van der Waals surface area (Å²) in [5, 5.41) is 0. The first-order valence-corrected chi connectivity index (χ1v) is 7.92. The Balaban J connectivity index is 1.89. The van der Waals surface area contributed by atoms with Gasteiger partial charge in [0.15, 0.2) is 6.29 Å². The zero-order valence-corrected chi connectivity index (χ0v) is 11.8. The summed E-state index contributed by atoms with van der Waals surface area (Å²) < 4.78 is 37.1. The smallest absolute Gasteiger partial charge is 0.240 e. The van der Waals surface area contributed by atoms with Gasteiger partial charge in [-0.3, -0.25) is 0 Å². The van der Waals surface area contributed by atoms with E-state index in [2.05, 4.69) is 4.72 Å². The van der Waals surface area contributed by atoms with Crippen LogP contribution in [-0.4, -0.2) is 34.5 Å². The van der Waals surface area contributed by atoms with E-state index in [4.69, 9.17) is 9.47 Å². The highest BCUT2D eigenvalue weighted by Crippen LogP contribution is 2.12. The molecule has 1 N–H and O–H groups in total. The van der Waals surface area contributed by atoms with Crippen molar-refractivity contribution in [3.05, 3.63) is 29.8 Å². The second-order valence-electron chi connectivity index (χ2n) is 4.36. The number of hydrogen-bond acceptors (Lipinski definition) is 4. The number of aryl methyl sites for hydroxylation is 1. The summed E-state index contributed by atoms with van der Waals surface area (Å²) in [6.07, 6.45) is 1.13. The molecule has 0 bridgehead atoms. The van der Waals surface area contributed by atoms with Crippen LogP contribution in [0.25, 0.3) is 0 Å². The summed E-state index contributed by atoms with van der Waals surface area (Å²) in [6.45, 7) is 3.50. The van der Waals surface area contributed by atoms with E-state index in [0.717, 1.165) is 12.0 Å². The quantitative estimate of drug-likeness (QED) is 0.855. The Hall–Kier alpha value is -0.950. The minimum Gasteiger partial charge on any atom is -0.350 e. The highest BCUT2D eigenvalue weighted by molar-refractivity contribution is 7.89. The third-order valence-electron chi connectivity index (χ3n) is 3.00. The topological polar surface area (TPSA) is 64.6 Å². The van der Waals surface area contributed by atoms with Gasteiger partial charge >= 0.3 is 0 Å². The van der Waals surface area contributed by atoms with E-state index in [1.807, 2.05) is 19.1 Å². The molecule has 0 spiro atoms. The van der Waals surface area contributed by atoms with Gasteiger partial charge in [0.1, 0.15) is 0 Å². The SMILES string of the molecule is CCc1ccc(S(=O)(=O)NCCC2OCCO2)cc1. The van der Waals surface area contributed by atoms with Crippen LogP contribution in [0.5, 0.6) is 0 Å². The lowest BCUT2D eigenvalue weighted by atomic mass is 10.2. The fourth-order valence-corrected chi connectivity index (χ4v) is 2.92. The molecule has 1 aromatic rings. The summed E-state index contributed by atoms with van der Waals surface area (Å²) in [6, 6.07) is 6.92. The van der Waals surface area contributed by atoms with Crippen LogP contribution >= 0.6 is 0 Å². The van der Waals surface area contributed by atoms with Crippen molar-refractivity contribution in [2.24, 2.45) is 0 Å². The molecule has 106 valence electrons. The van der Waals surface area contributed by atoms with Gasteiger partial charge in [-0.1, -0.05) is 19.1 Å². The molecular weight excluding hydrogens is 266 g/mol. The van der Waals surface area contributed by atoms with Crippen molar-refractivity contribution in [1.29, 1.82) is 0 Å². The molecule has 6 heteroatoms. The molecule has 5 nitrogen and oxygen atoms in total. The van der Waals surface area contributed by atoms with Crippen LogP contribution in [0.1, 0.15) is 18.9 Å². The van der Waals surface area contributed by atoms with Gasteiger partial charge in [-0.15, -0.1) is 0 Å². The van der Waals surface area contributed by atoms with Gasteiger partial charge in [-0.25, -0.2) is 13.1 Å². The molecule has 1 aliphatic rings. The monoisotopic (exact) mass is 285 g/mol. The Morgan fingerprint density at radius 3 is 2.42 bits per heavy atom. The molecule has 0 amide bonds. The third-order valence-corrected chi connectivity index (χ3v) is 4.48. The molecule has 1 heterocycles. The molecule has 0 saturated carbocycles.